The summed E-state index contributed by atoms with van der Waals surface area (Å²) in [7, 11) is 3.24. The standard InChI is InChI=1S/C23H24ClN3O3/c1-4-25-23(28)18-8-6-5-7-15(18)12-20-19(24)14-26-22(27-20)13-16-11-17(29-2)9-10-21(16)30-3/h5-11,14H,4,12-13H2,1-3H3,(H,25,28). The van der Waals surface area contributed by atoms with E-state index in [9.17, 15) is 4.79 Å². The predicted molar refractivity (Wildman–Crippen MR) is 117 cm³/mol. The van der Waals surface area contributed by atoms with Gasteiger partial charge in [-0.2, -0.15) is 0 Å². The third-order valence-corrected chi connectivity index (χ3v) is 4.98. The van der Waals surface area contributed by atoms with Crippen LogP contribution in [0.25, 0.3) is 0 Å². The summed E-state index contributed by atoms with van der Waals surface area (Å²) in [6, 6.07) is 13.1. The smallest absolute Gasteiger partial charge is 0.251 e. The first kappa shape index (κ1) is 21.6. The zero-order chi connectivity index (χ0) is 21.5. The quantitative estimate of drug-likeness (QED) is 0.588. The Morgan fingerprint density at radius 1 is 1.07 bits per heavy atom. The van der Waals surface area contributed by atoms with Crippen LogP contribution >= 0.6 is 11.6 Å². The molecule has 0 atom stereocenters. The Morgan fingerprint density at radius 2 is 1.87 bits per heavy atom. The lowest BCUT2D eigenvalue weighted by Gasteiger charge is -2.12. The van der Waals surface area contributed by atoms with Crippen molar-refractivity contribution in [3.63, 3.8) is 0 Å². The lowest BCUT2D eigenvalue weighted by Crippen LogP contribution is -2.24. The molecule has 0 radical (unpaired) electrons. The number of methoxy groups -OCH3 is 2. The van der Waals surface area contributed by atoms with Crippen molar-refractivity contribution in [1.29, 1.82) is 0 Å². The summed E-state index contributed by atoms with van der Waals surface area (Å²) in [4.78, 5) is 21.4. The molecule has 0 saturated heterocycles. The van der Waals surface area contributed by atoms with Gasteiger partial charge in [-0.25, -0.2) is 9.97 Å². The second-order valence-corrected chi connectivity index (χ2v) is 7.04. The average Bonchev–Trinajstić information content (AvgIpc) is 2.76. The molecule has 0 aliphatic carbocycles. The molecule has 7 heteroatoms. The van der Waals surface area contributed by atoms with E-state index in [4.69, 9.17) is 21.1 Å². The van der Waals surface area contributed by atoms with Gasteiger partial charge in [0.1, 0.15) is 17.3 Å². The van der Waals surface area contributed by atoms with Gasteiger partial charge in [0.2, 0.25) is 0 Å². The molecule has 2 aromatic carbocycles. The molecule has 0 bridgehead atoms. The van der Waals surface area contributed by atoms with Crippen molar-refractivity contribution in [3.05, 3.63) is 81.9 Å². The molecular weight excluding hydrogens is 402 g/mol. The van der Waals surface area contributed by atoms with Crippen molar-refractivity contribution in [2.45, 2.75) is 19.8 Å². The van der Waals surface area contributed by atoms with Gasteiger partial charge in [0.25, 0.3) is 5.91 Å². The number of aromatic nitrogens is 2. The number of nitrogens with zero attached hydrogens (tertiary/aromatic N) is 2. The summed E-state index contributed by atoms with van der Waals surface area (Å²) in [5.41, 5.74) is 3.05. The van der Waals surface area contributed by atoms with Crippen molar-refractivity contribution >= 4 is 17.5 Å². The first-order valence-electron chi connectivity index (χ1n) is 9.63. The molecule has 0 unspecified atom stereocenters. The highest BCUT2D eigenvalue weighted by atomic mass is 35.5. The van der Waals surface area contributed by atoms with Crippen LogP contribution in [0.1, 0.15) is 39.9 Å². The second-order valence-electron chi connectivity index (χ2n) is 6.63. The van der Waals surface area contributed by atoms with Crippen molar-refractivity contribution in [3.8, 4) is 11.5 Å². The van der Waals surface area contributed by atoms with E-state index >= 15 is 0 Å². The maximum Gasteiger partial charge on any atom is 0.251 e. The number of hydrogen-bond acceptors (Lipinski definition) is 5. The van der Waals surface area contributed by atoms with Crippen LogP contribution in [0, 0.1) is 0 Å². The fraction of sp³-hybridized carbons (Fsp3) is 0.261. The molecule has 3 rings (SSSR count). The molecule has 30 heavy (non-hydrogen) atoms. The fourth-order valence-electron chi connectivity index (χ4n) is 3.18. The number of rotatable bonds is 8. The lowest BCUT2D eigenvalue weighted by molar-refractivity contribution is 0.0955. The van der Waals surface area contributed by atoms with Gasteiger partial charge in [-0.1, -0.05) is 29.8 Å². The van der Waals surface area contributed by atoms with Crippen LogP contribution in [0.15, 0.2) is 48.7 Å². The van der Waals surface area contributed by atoms with Crippen molar-refractivity contribution in [2.75, 3.05) is 20.8 Å². The Bertz CT molecular complexity index is 1040. The van der Waals surface area contributed by atoms with Gasteiger partial charge in [-0.05, 0) is 36.8 Å². The zero-order valence-electron chi connectivity index (χ0n) is 17.2. The molecule has 1 aromatic heterocycles. The highest BCUT2D eigenvalue weighted by Crippen LogP contribution is 2.26. The lowest BCUT2D eigenvalue weighted by atomic mass is 10.0. The third-order valence-electron chi connectivity index (χ3n) is 4.66. The zero-order valence-corrected chi connectivity index (χ0v) is 18.0. The van der Waals surface area contributed by atoms with Crippen LogP contribution in [0.3, 0.4) is 0 Å². The first-order valence-corrected chi connectivity index (χ1v) is 10.0. The second kappa shape index (κ2) is 10.1. The Kier molecular flexibility index (Phi) is 7.25. The molecule has 1 heterocycles. The Balaban J connectivity index is 1.90. The van der Waals surface area contributed by atoms with Crippen molar-refractivity contribution in [1.82, 2.24) is 15.3 Å². The molecule has 156 valence electrons. The molecule has 0 spiro atoms. The number of nitrogens with one attached hydrogen (secondary N) is 1. The van der Waals surface area contributed by atoms with Crippen LogP contribution in [0.4, 0.5) is 0 Å². The Hall–Kier alpha value is -3.12. The number of hydrogen-bond donors (Lipinski definition) is 1. The van der Waals surface area contributed by atoms with Crippen molar-refractivity contribution < 1.29 is 14.3 Å². The average molecular weight is 426 g/mol. The minimum Gasteiger partial charge on any atom is -0.497 e. The predicted octanol–water partition coefficient (Wildman–Crippen LogP) is 4.08. The SMILES string of the molecule is CCNC(=O)c1ccccc1Cc1nc(Cc2cc(OC)ccc2OC)ncc1Cl. The molecule has 0 aliphatic rings. The van der Waals surface area contributed by atoms with E-state index in [1.54, 1.807) is 26.5 Å². The Morgan fingerprint density at radius 3 is 2.60 bits per heavy atom. The molecule has 1 amide bonds. The van der Waals surface area contributed by atoms with Gasteiger partial charge in [0.05, 0.1) is 24.9 Å². The van der Waals surface area contributed by atoms with E-state index in [2.05, 4.69) is 15.3 Å². The summed E-state index contributed by atoms with van der Waals surface area (Å²) in [5, 5.41) is 3.30. The van der Waals surface area contributed by atoms with E-state index in [1.807, 2.05) is 43.3 Å². The first-order chi connectivity index (χ1) is 14.5. The van der Waals surface area contributed by atoms with Crippen LogP contribution in [-0.4, -0.2) is 36.6 Å². The number of carbonyl (C=O) groups is 1. The number of amides is 1. The van der Waals surface area contributed by atoms with Gasteiger partial charge < -0.3 is 14.8 Å². The van der Waals surface area contributed by atoms with Gasteiger partial charge in [-0.15, -0.1) is 0 Å². The Labute approximate surface area is 181 Å². The number of halogens is 1. The van der Waals surface area contributed by atoms with Gasteiger partial charge in [-0.3, -0.25) is 4.79 Å². The minimum absolute atomic E-state index is 0.111. The van der Waals surface area contributed by atoms with E-state index in [1.165, 1.54) is 0 Å². The fourth-order valence-corrected chi connectivity index (χ4v) is 3.33. The number of ether oxygens (including phenoxy) is 2. The van der Waals surface area contributed by atoms with E-state index in [0.29, 0.717) is 41.5 Å². The minimum atomic E-state index is -0.111. The van der Waals surface area contributed by atoms with Crippen LogP contribution < -0.4 is 14.8 Å². The van der Waals surface area contributed by atoms with Crippen molar-refractivity contribution in [2.24, 2.45) is 0 Å². The molecule has 6 nitrogen and oxygen atoms in total. The van der Waals surface area contributed by atoms with Gasteiger partial charge >= 0.3 is 0 Å². The molecule has 0 fully saturated rings. The molecule has 3 aromatic rings. The maximum absolute atomic E-state index is 12.4. The summed E-state index contributed by atoms with van der Waals surface area (Å²) in [5.74, 6) is 1.96. The van der Waals surface area contributed by atoms with Gasteiger partial charge in [0, 0.05) is 36.7 Å². The topological polar surface area (TPSA) is 73.3 Å². The summed E-state index contributed by atoms with van der Waals surface area (Å²) in [6.45, 7) is 2.45. The highest BCUT2D eigenvalue weighted by Gasteiger charge is 2.15. The third kappa shape index (κ3) is 5.07. The maximum atomic E-state index is 12.4. The molecule has 1 N–H and O–H groups in total. The van der Waals surface area contributed by atoms with Crippen LogP contribution in [0.2, 0.25) is 5.02 Å². The van der Waals surface area contributed by atoms with E-state index in [-0.39, 0.29) is 5.91 Å². The monoisotopic (exact) mass is 425 g/mol. The molecular formula is C23H24ClN3O3. The summed E-state index contributed by atoms with van der Waals surface area (Å²) < 4.78 is 10.8. The van der Waals surface area contributed by atoms with E-state index in [0.717, 1.165) is 22.6 Å². The molecule has 0 aliphatic heterocycles. The number of benzene rings is 2. The normalized spacial score (nSPS) is 10.5. The van der Waals surface area contributed by atoms with E-state index < -0.39 is 0 Å². The van der Waals surface area contributed by atoms with Crippen LogP contribution in [-0.2, 0) is 12.8 Å². The summed E-state index contributed by atoms with van der Waals surface area (Å²) >= 11 is 6.38. The largest absolute Gasteiger partial charge is 0.497 e. The van der Waals surface area contributed by atoms with Crippen LogP contribution in [0.5, 0.6) is 11.5 Å². The number of carbonyl (C=O) groups excluding carboxylic acids is 1. The highest BCUT2D eigenvalue weighted by molar-refractivity contribution is 6.31. The summed E-state index contributed by atoms with van der Waals surface area (Å²) in [6.07, 6.45) is 2.49. The molecule has 0 saturated carbocycles. The van der Waals surface area contributed by atoms with Gasteiger partial charge in [0.15, 0.2) is 0 Å².